The van der Waals surface area contributed by atoms with E-state index in [-0.39, 0.29) is 24.0 Å². The van der Waals surface area contributed by atoms with Crippen LogP contribution in [0.1, 0.15) is 28.7 Å². The highest BCUT2D eigenvalue weighted by atomic mass is 32.2. The van der Waals surface area contributed by atoms with Gasteiger partial charge in [-0.3, -0.25) is 4.72 Å². The predicted molar refractivity (Wildman–Crippen MR) is 174 cm³/mol. The first-order chi connectivity index (χ1) is 22.1. The van der Waals surface area contributed by atoms with Gasteiger partial charge in [0.05, 0.1) is 43.4 Å². The summed E-state index contributed by atoms with van der Waals surface area (Å²) in [4.78, 5) is 5.47. The third-order valence-corrected chi connectivity index (χ3v) is 8.09. The van der Waals surface area contributed by atoms with Crippen molar-refractivity contribution in [1.29, 1.82) is 5.26 Å². The lowest BCUT2D eigenvalue weighted by Gasteiger charge is -2.28. The quantitative estimate of drug-likeness (QED) is 0.162. The molecule has 1 aliphatic rings. The lowest BCUT2D eigenvalue weighted by molar-refractivity contribution is 0.167. The summed E-state index contributed by atoms with van der Waals surface area (Å²) < 4.78 is 59.2. The third-order valence-electron chi connectivity index (χ3n) is 7.50. The maximum absolute atomic E-state index is 15.5. The number of nitriles is 1. The second-order valence-electron chi connectivity index (χ2n) is 11.2. The molecule has 1 N–H and O–H groups in total. The van der Waals surface area contributed by atoms with Crippen molar-refractivity contribution in [2.45, 2.75) is 26.4 Å². The standard InChI is InChI=1S/C35H33FN4O5S/c1-24-33(39-46(3,41)42)5-4-6-34(24)40(20-25-7-10-29(38-2)11-8-25)21-26-9-12-35(32(36)17-26)45-31-16-28(19-37)15-30(18-31)44-23-27-13-14-43-22-27/h4-12,15-18,27,39H,13-14,20-23H2,1,3H3. The first-order valence-corrected chi connectivity index (χ1v) is 16.5. The van der Waals surface area contributed by atoms with Gasteiger partial charge in [0.25, 0.3) is 0 Å². The Bertz CT molecular complexity index is 1900. The number of hydrogen-bond acceptors (Lipinski definition) is 7. The fourth-order valence-electron chi connectivity index (χ4n) is 5.18. The van der Waals surface area contributed by atoms with E-state index in [1.807, 2.05) is 30.0 Å². The van der Waals surface area contributed by atoms with Crippen LogP contribution in [0.15, 0.2) is 78.9 Å². The Morgan fingerprint density at radius 3 is 2.48 bits per heavy atom. The van der Waals surface area contributed by atoms with Crippen LogP contribution >= 0.6 is 0 Å². The largest absolute Gasteiger partial charge is 0.493 e. The minimum absolute atomic E-state index is 0.00852. The Balaban J connectivity index is 1.39. The Hall–Kier alpha value is -5.10. The molecule has 0 spiro atoms. The normalized spacial score (nSPS) is 14.2. The molecule has 46 heavy (non-hydrogen) atoms. The number of halogens is 1. The molecule has 1 unspecified atom stereocenters. The molecule has 4 aromatic carbocycles. The van der Waals surface area contributed by atoms with Crippen molar-refractivity contribution >= 4 is 27.1 Å². The van der Waals surface area contributed by atoms with Gasteiger partial charge in [-0.05, 0) is 66.4 Å². The van der Waals surface area contributed by atoms with Gasteiger partial charge in [0, 0.05) is 37.4 Å². The van der Waals surface area contributed by atoms with Crippen molar-refractivity contribution < 1.29 is 27.0 Å². The summed E-state index contributed by atoms with van der Waals surface area (Å²) in [7, 11) is -3.51. The summed E-state index contributed by atoms with van der Waals surface area (Å²) in [5.41, 5.74) is 4.33. The average Bonchev–Trinajstić information content (AvgIpc) is 3.56. The first kappa shape index (κ1) is 32.3. The first-order valence-electron chi connectivity index (χ1n) is 14.6. The number of sulfonamides is 1. The fraction of sp³-hybridized carbons (Fsp3) is 0.257. The number of nitrogens with zero attached hydrogens (tertiary/aromatic N) is 3. The number of nitrogens with one attached hydrogen (secondary N) is 1. The summed E-state index contributed by atoms with van der Waals surface area (Å²) in [6.07, 6.45) is 2.01. The summed E-state index contributed by atoms with van der Waals surface area (Å²) in [5, 5.41) is 9.52. The summed E-state index contributed by atoms with van der Waals surface area (Å²) in [6, 6.07) is 24.1. The lowest BCUT2D eigenvalue weighted by atomic mass is 10.1. The van der Waals surface area contributed by atoms with Crippen molar-refractivity contribution in [3.8, 4) is 23.3 Å². The average molecular weight is 641 g/mol. The number of rotatable bonds is 12. The molecule has 5 rings (SSSR count). The van der Waals surface area contributed by atoms with E-state index >= 15 is 4.39 Å². The highest BCUT2D eigenvalue weighted by Gasteiger charge is 2.18. The molecule has 11 heteroatoms. The molecule has 236 valence electrons. The molecular weight excluding hydrogens is 607 g/mol. The van der Waals surface area contributed by atoms with Gasteiger partial charge in [0.2, 0.25) is 10.0 Å². The van der Waals surface area contributed by atoms with E-state index in [1.165, 1.54) is 18.2 Å². The van der Waals surface area contributed by atoms with Crippen LogP contribution in [0.3, 0.4) is 0 Å². The molecule has 1 fully saturated rings. The van der Waals surface area contributed by atoms with Crippen molar-refractivity contribution in [2.24, 2.45) is 5.92 Å². The molecular formula is C35H33FN4O5S. The maximum atomic E-state index is 15.5. The molecule has 4 aromatic rings. The van der Waals surface area contributed by atoms with Crippen LogP contribution in [0.25, 0.3) is 4.85 Å². The highest BCUT2D eigenvalue weighted by Crippen LogP contribution is 2.33. The number of benzene rings is 4. The van der Waals surface area contributed by atoms with Crippen molar-refractivity contribution in [2.75, 3.05) is 35.7 Å². The van der Waals surface area contributed by atoms with Crippen molar-refractivity contribution in [3.05, 3.63) is 118 Å². The predicted octanol–water partition coefficient (Wildman–Crippen LogP) is 7.34. The molecule has 1 aliphatic heterocycles. The Morgan fingerprint density at radius 2 is 1.80 bits per heavy atom. The molecule has 0 bridgehead atoms. The zero-order chi connectivity index (χ0) is 32.7. The zero-order valence-corrected chi connectivity index (χ0v) is 26.3. The lowest BCUT2D eigenvalue weighted by Crippen LogP contribution is -2.23. The smallest absolute Gasteiger partial charge is 0.229 e. The molecule has 0 radical (unpaired) electrons. The van der Waals surface area contributed by atoms with E-state index in [1.54, 1.807) is 42.5 Å². The van der Waals surface area contributed by atoms with Gasteiger partial charge in [-0.15, -0.1) is 0 Å². The van der Waals surface area contributed by atoms with E-state index in [0.29, 0.717) is 60.2 Å². The van der Waals surface area contributed by atoms with Gasteiger partial charge in [0.15, 0.2) is 17.3 Å². The van der Waals surface area contributed by atoms with Crippen LogP contribution in [-0.4, -0.2) is 34.5 Å². The topological polar surface area (TPSA) is 105 Å². The van der Waals surface area contributed by atoms with Crippen LogP contribution < -0.4 is 19.1 Å². The SMILES string of the molecule is [C-]#[N+]c1ccc(CN(Cc2ccc(Oc3cc(C#N)cc(OCC4CCOC4)c3)c(F)c2)c2cccc(NS(C)(=O)=O)c2C)cc1. The molecule has 0 saturated carbocycles. The van der Waals surface area contributed by atoms with Gasteiger partial charge in [-0.25, -0.2) is 17.7 Å². The molecule has 1 atom stereocenters. The summed E-state index contributed by atoms with van der Waals surface area (Å²) in [5.74, 6) is 0.418. The molecule has 0 aromatic heterocycles. The Kier molecular flexibility index (Phi) is 10.1. The minimum Gasteiger partial charge on any atom is -0.493 e. The van der Waals surface area contributed by atoms with Crippen LogP contribution in [0, 0.1) is 36.6 Å². The molecule has 1 heterocycles. The van der Waals surface area contributed by atoms with Crippen molar-refractivity contribution in [3.63, 3.8) is 0 Å². The van der Waals surface area contributed by atoms with Crippen LogP contribution in [-0.2, 0) is 27.8 Å². The number of hydrogen-bond donors (Lipinski definition) is 1. The van der Waals surface area contributed by atoms with Gasteiger partial charge in [-0.2, -0.15) is 5.26 Å². The second-order valence-corrected chi connectivity index (χ2v) is 12.9. The number of anilines is 2. The van der Waals surface area contributed by atoms with E-state index in [4.69, 9.17) is 20.8 Å². The highest BCUT2D eigenvalue weighted by molar-refractivity contribution is 7.92. The van der Waals surface area contributed by atoms with Crippen LogP contribution in [0.4, 0.5) is 21.5 Å². The van der Waals surface area contributed by atoms with Gasteiger partial charge < -0.3 is 19.1 Å². The van der Waals surface area contributed by atoms with E-state index in [9.17, 15) is 13.7 Å². The number of ether oxygens (including phenoxy) is 3. The van der Waals surface area contributed by atoms with Gasteiger partial charge in [0.1, 0.15) is 11.5 Å². The fourth-order valence-corrected chi connectivity index (χ4v) is 5.80. The van der Waals surface area contributed by atoms with E-state index in [0.717, 1.165) is 23.9 Å². The van der Waals surface area contributed by atoms with E-state index < -0.39 is 15.8 Å². The van der Waals surface area contributed by atoms with Crippen LogP contribution in [0.5, 0.6) is 17.2 Å². The molecule has 1 saturated heterocycles. The van der Waals surface area contributed by atoms with Crippen LogP contribution in [0.2, 0.25) is 0 Å². The zero-order valence-electron chi connectivity index (χ0n) is 25.5. The molecule has 0 amide bonds. The van der Waals surface area contributed by atoms with E-state index in [2.05, 4.69) is 15.6 Å². The van der Waals surface area contributed by atoms with Crippen molar-refractivity contribution in [1.82, 2.24) is 0 Å². The van der Waals surface area contributed by atoms with Gasteiger partial charge >= 0.3 is 0 Å². The Labute approximate surface area is 268 Å². The van der Waals surface area contributed by atoms with Gasteiger partial charge in [-0.1, -0.05) is 36.4 Å². The molecule has 0 aliphatic carbocycles. The maximum Gasteiger partial charge on any atom is 0.229 e. The Morgan fingerprint density at radius 1 is 1.07 bits per heavy atom. The third kappa shape index (κ3) is 8.54. The minimum atomic E-state index is -3.51. The monoisotopic (exact) mass is 640 g/mol. The summed E-state index contributed by atoms with van der Waals surface area (Å²) >= 11 is 0. The summed E-state index contributed by atoms with van der Waals surface area (Å²) in [6.45, 7) is 11.6. The molecule has 9 nitrogen and oxygen atoms in total. The second kappa shape index (κ2) is 14.3.